The molecule has 0 radical (unpaired) electrons. The van der Waals surface area contributed by atoms with Gasteiger partial charge in [0.15, 0.2) is 0 Å². The molecule has 0 aromatic heterocycles. The maximum Gasteiger partial charge on any atom is 0.235 e. The summed E-state index contributed by atoms with van der Waals surface area (Å²) in [6, 6.07) is -0.487. The van der Waals surface area contributed by atoms with Gasteiger partial charge in [-0.15, -0.1) is 0 Å². The standard InChI is InChI=1S/C11H14N2O3/c1-10(2)9(16)5-4-8(12-6-14)11(10,3)13-7-15/h8H,4-5H2,1-3H3. The molecule has 0 spiro atoms. The molecule has 1 rings (SSSR count). The SMILES string of the molecule is CC1(C)C(=O)CCC(N=C=O)C1(C)N=C=O. The van der Waals surface area contributed by atoms with Crippen molar-refractivity contribution in [2.75, 3.05) is 0 Å². The number of hydrogen-bond donors (Lipinski definition) is 0. The molecule has 0 aromatic rings. The van der Waals surface area contributed by atoms with Gasteiger partial charge in [0.1, 0.15) is 11.3 Å². The highest BCUT2D eigenvalue weighted by Gasteiger charge is 2.54. The van der Waals surface area contributed by atoms with Crippen LogP contribution in [0.2, 0.25) is 0 Å². The predicted molar refractivity (Wildman–Crippen MR) is 56.5 cm³/mol. The minimum absolute atomic E-state index is 0.0198. The highest BCUT2D eigenvalue weighted by Crippen LogP contribution is 2.45. The van der Waals surface area contributed by atoms with Crippen LogP contribution in [-0.2, 0) is 14.4 Å². The van der Waals surface area contributed by atoms with Gasteiger partial charge in [0.05, 0.1) is 11.5 Å². The van der Waals surface area contributed by atoms with Gasteiger partial charge in [0.25, 0.3) is 0 Å². The first-order valence-corrected chi connectivity index (χ1v) is 5.09. The summed E-state index contributed by atoms with van der Waals surface area (Å²) in [5.74, 6) is 0.0198. The predicted octanol–water partition coefficient (Wildman–Crippen LogP) is 1.17. The monoisotopic (exact) mass is 222 g/mol. The van der Waals surface area contributed by atoms with E-state index in [1.54, 1.807) is 20.8 Å². The summed E-state index contributed by atoms with van der Waals surface area (Å²) in [5.41, 5.74) is -1.84. The summed E-state index contributed by atoms with van der Waals surface area (Å²) in [5, 5.41) is 0. The molecule has 1 aliphatic rings. The fourth-order valence-corrected chi connectivity index (χ4v) is 2.12. The Morgan fingerprint density at radius 2 is 1.88 bits per heavy atom. The second-order valence-electron chi connectivity index (χ2n) is 4.67. The number of carbonyl (C=O) groups is 1. The van der Waals surface area contributed by atoms with Crippen LogP contribution in [-0.4, -0.2) is 29.5 Å². The molecule has 1 saturated carbocycles. The Labute approximate surface area is 93.7 Å². The number of isocyanates is 2. The zero-order valence-electron chi connectivity index (χ0n) is 9.61. The fraction of sp³-hybridized carbons (Fsp3) is 0.727. The number of Topliss-reactive ketones (excluding diaryl/α,β-unsaturated/α-hetero) is 1. The number of carbonyl (C=O) groups excluding carboxylic acids is 3. The van der Waals surface area contributed by atoms with Crippen molar-refractivity contribution in [3.8, 4) is 0 Å². The van der Waals surface area contributed by atoms with Crippen LogP contribution >= 0.6 is 0 Å². The normalized spacial score (nSPS) is 32.4. The molecule has 1 fully saturated rings. The number of ketones is 1. The van der Waals surface area contributed by atoms with Gasteiger partial charge in [-0.25, -0.2) is 9.59 Å². The van der Waals surface area contributed by atoms with E-state index in [0.29, 0.717) is 12.8 Å². The molecule has 0 N–H and O–H groups in total. The lowest BCUT2D eigenvalue weighted by Crippen LogP contribution is -2.56. The first kappa shape index (κ1) is 12.5. The lowest BCUT2D eigenvalue weighted by molar-refractivity contribution is -0.134. The lowest BCUT2D eigenvalue weighted by Gasteiger charge is -2.45. The molecule has 5 nitrogen and oxygen atoms in total. The second kappa shape index (κ2) is 4.12. The summed E-state index contributed by atoms with van der Waals surface area (Å²) >= 11 is 0. The Hall–Kier alpha value is -1.57. The Balaban J connectivity index is 3.32. The zero-order chi connectivity index (χ0) is 12.4. The number of aliphatic imine (C=N–C) groups is 2. The molecule has 2 atom stereocenters. The molecule has 2 unspecified atom stereocenters. The molecular formula is C11H14N2O3. The smallest absolute Gasteiger partial charge is 0.235 e. The molecule has 5 heteroatoms. The number of rotatable bonds is 2. The Bertz CT molecular complexity index is 403. The maximum atomic E-state index is 11.8. The van der Waals surface area contributed by atoms with Crippen molar-refractivity contribution in [1.82, 2.24) is 0 Å². The van der Waals surface area contributed by atoms with Crippen LogP contribution in [0.1, 0.15) is 33.6 Å². The van der Waals surface area contributed by atoms with Crippen molar-refractivity contribution in [2.24, 2.45) is 15.4 Å². The minimum atomic E-state index is -1.01. The van der Waals surface area contributed by atoms with Crippen LogP contribution in [0.5, 0.6) is 0 Å². The highest BCUT2D eigenvalue weighted by atomic mass is 16.1. The maximum absolute atomic E-state index is 11.8. The van der Waals surface area contributed by atoms with Crippen molar-refractivity contribution in [3.05, 3.63) is 0 Å². The van der Waals surface area contributed by atoms with Crippen molar-refractivity contribution in [3.63, 3.8) is 0 Å². The molecule has 1 aliphatic carbocycles. The number of nitrogens with zero attached hydrogens (tertiary/aromatic N) is 2. The van der Waals surface area contributed by atoms with Crippen LogP contribution in [0.15, 0.2) is 9.98 Å². The summed E-state index contributed by atoms with van der Waals surface area (Å²) in [7, 11) is 0. The van der Waals surface area contributed by atoms with Gasteiger partial charge in [0, 0.05) is 6.42 Å². The van der Waals surface area contributed by atoms with Crippen LogP contribution in [0, 0.1) is 5.41 Å². The van der Waals surface area contributed by atoms with E-state index in [2.05, 4.69) is 9.98 Å². The van der Waals surface area contributed by atoms with Gasteiger partial charge in [-0.3, -0.25) is 4.79 Å². The molecular weight excluding hydrogens is 208 g/mol. The summed E-state index contributed by atoms with van der Waals surface area (Å²) in [6.45, 7) is 5.08. The van der Waals surface area contributed by atoms with E-state index in [9.17, 15) is 14.4 Å². The first-order valence-electron chi connectivity index (χ1n) is 5.09. The summed E-state index contributed by atoms with van der Waals surface area (Å²) in [4.78, 5) is 40.0. The molecule has 0 bridgehead atoms. The average molecular weight is 222 g/mol. The molecule has 16 heavy (non-hydrogen) atoms. The van der Waals surface area contributed by atoms with Gasteiger partial charge >= 0.3 is 0 Å². The van der Waals surface area contributed by atoms with E-state index in [4.69, 9.17) is 0 Å². The van der Waals surface area contributed by atoms with Crippen molar-refractivity contribution >= 4 is 17.9 Å². The quantitative estimate of drug-likeness (QED) is 0.520. The van der Waals surface area contributed by atoms with Crippen molar-refractivity contribution in [1.29, 1.82) is 0 Å². The largest absolute Gasteiger partial charge is 0.299 e. The van der Waals surface area contributed by atoms with Gasteiger partial charge in [-0.1, -0.05) is 13.8 Å². The van der Waals surface area contributed by atoms with E-state index in [1.807, 2.05) is 0 Å². The summed E-state index contributed by atoms with van der Waals surface area (Å²) < 4.78 is 0. The first-order chi connectivity index (χ1) is 7.40. The molecule has 0 saturated heterocycles. The van der Waals surface area contributed by atoms with E-state index in [-0.39, 0.29) is 5.78 Å². The minimum Gasteiger partial charge on any atom is -0.299 e. The average Bonchev–Trinajstić information content (AvgIpc) is 2.21. The Kier molecular flexibility index (Phi) is 3.22. The van der Waals surface area contributed by atoms with Gasteiger partial charge in [-0.2, -0.15) is 9.98 Å². The van der Waals surface area contributed by atoms with Gasteiger partial charge in [-0.05, 0) is 13.3 Å². The zero-order valence-corrected chi connectivity index (χ0v) is 9.61. The Morgan fingerprint density at radius 3 is 2.38 bits per heavy atom. The molecule has 0 heterocycles. The van der Waals surface area contributed by atoms with Crippen molar-refractivity contribution in [2.45, 2.75) is 45.2 Å². The van der Waals surface area contributed by atoms with Gasteiger partial charge in [0.2, 0.25) is 12.2 Å². The summed E-state index contributed by atoms with van der Waals surface area (Å²) in [6.07, 6.45) is 3.71. The third-order valence-corrected chi connectivity index (χ3v) is 3.74. The molecule has 0 amide bonds. The van der Waals surface area contributed by atoms with Gasteiger partial charge < -0.3 is 0 Å². The topological polar surface area (TPSA) is 75.9 Å². The third kappa shape index (κ3) is 1.64. The molecule has 0 aromatic carbocycles. The third-order valence-electron chi connectivity index (χ3n) is 3.74. The second-order valence-corrected chi connectivity index (χ2v) is 4.67. The molecule has 86 valence electrons. The fourth-order valence-electron chi connectivity index (χ4n) is 2.12. The highest BCUT2D eigenvalue weighted by molar-refractivity contribution is 5.87. The van der Waals surface area contributed by atoms with Crippen LogP contribution in [0.4, 0.5) is 0 Å². The van der Waals surface area contributed by atoms with E-state index in [0.717, 1.165) is 0 Å². The van der Waals surface area contributed by atoms with Crippen LogP contribution < -0.4 is 0 Å². The molecule has 0 aliphatic heterocycles. The lowest BCUT2D eigenvalue weighted by atomic mass is 9.61. The Morgan fingerprint density at radius 1 is 1.25 bits per heavy atom. The number of hydrogen-bond acceptors (Lipinski definition) is 5. The van der Waals surface area contributed by atoms with Crippen LogP contribution in [0.3, 0.4) is 0 Å². The van der Waals surface area contributed by atoms with E-state index in [1.165, 1.54) is 12.2 Å². The van der Waals surface area contributed by atoms with Crippen LogP contribution in [0.25, 0.3) is 0 Å². The van der Waals surface area contributed by atoms with E-state index >= 15 is 0 Å². The van der Waals surface area contributed by atoms with Crippen molar-refractivity contribution < 1.29 is 14.4 Å². The van der Waals surface area contributed by atoms with E-state index < -0.39 is 17.0 Å².